The van der Waals surface area contributed by atoms with Crippen LogP contribution in [0.4, 0.5) is 0 Å². The number of nitrogens with zero attached hydrogens (tertiary/aromatic N) is 1. The number of amides is 1. The number of carbonyl (C=O) groups excluding carboxylic acids is 1. The van der Waals surface area contributed by atoms with E-state index in [2.05, 4.69) is 10.3 Å². The number of benzene rings is 1. The van der Waals surface area contributed by atoms with Crippen LogP contribution in [0.3, 0.4) is 0 Å². The molecule has 2 aliphatic rings. The fourth-order valence-electron chi connectivity index (χ4n) is 2.18. The van der Waals surface area contributed by atoms with E-state index in [1.807, 2.05) is 37.3 Å². The number of hydrogen-bond donors (Lipinski definition) is 1. The van der Waals surface area contributed by atoms with Gasteiger partial charge >= 0.3 is 0 Å². The van der Waals surface area contributed by atoms with Crippen LogP contribution in [0.15, 0.2) is 35.0 Å². The zero-order valence-corrected chi connectivity index (χ0v) is 10.4. The second kappa shape index (κ2) is 4.41. The van der Waals surface area contributed by atoms with Crippen LogP contribution in [0, 0.1) is 12.8 Å². The van der Waals surface area contributed by atoms with Gasteiger partial charge in [0.05, 0.1) is 0 Å². The molecule has 3 nitrogen and oxygen atoms in total. The van der Waals surface area contributed by atoms with Crippen molar-refractivity contribution in [2.45, 2.75) is 26.2 Å². The normalized spacial score (nSPS) is 21.7. The molecule has 3 rings (SSSR count). The van der Waals surface area contributed by atoms with Gasteiger partial charge in [-0.25, -0.2) is 4.99 Å². The molecule has 1 fully saturated rings. The lowest BCUT2D eigenvalue weighted by molar-refractivity contribution is -0.115. The smallest absolute Gasteiger partial charge is 0.275 e. The molecule has 0 saturated heterocycles. The summed E-state index contributed by atoms with van der Waals surface area (Å²) >= 11 is 0. The topological polar surface area (TPSA) is 41.5 Å². The zero-order valence-electron chi connectivity index (χ0n) is 10.4. The van der Waals surface area contributed by atoms with E-state index >= 15 is 0 Å². The summed E-state index contributed by atoms with van der Waals surface area (Å²) in [5.74, 6) is 1.26. The Labute approximate surface area is 107 Å². The molecule has 3 heteroatoms. The van der Waals surface area contributed by atoms with Crippen molar-refractivity contribution in [1.29, 1.82) is 0 Å². The molecule has 0 spiro atoms. The summed E-state index contributed by atoms with van der Waals surface area (Å²) in [6.45, 7) is 2.05. The van der Waals surface area contributed by atoms with Gasteiger partial charge in [-0.15, -0.1) is 0 Å². The standard InChI is InChI=1S/C15H16N2O/c1-10-5-7-11(8-6-10)9-13-15(18)17-14(16-13)12-3-2-4-12/h5-9,12H,2-4H2,1H3,(H,16,17,18)/b13-9+. The van der Waals surface area contributed by atoms with Crippen molar-refractivity contribution in [2.24, 2.45) is 10.9 Å². The lowest BCUT2D eigenvalue weighted by Crippen LogP contribution is -2.33. The Kier molecular flexibility index (Phi) is 2.74. The van der Waals surface area contributed by atoms with Gasteiger partial charge in [-0.3, -0.25) is 4.79 Å². The Hall–Kier alpha value is -1.90. The Morgan fingerprint density at radius 2 is 2.00 bits per heavy atom. The first kappa shape index (κ1) is 11.2. The monoisotopic (exact) mass is 240 g/mol. The third-order valence-corrected chi connectivity index (χ3v) is 3.59. The van der Waals surface area contributed by atoms with Crippen LogP contribution >= 0.6 is 0 Å². The van der Waals surface area contributed by atoms with Gasteiger partial charge in [0.2, 0.25) is 0 Å². The molecule has 1 aromatic rings. The minimum absolute atomic E-state index is 0.0718. The lowest BCUT2D eigenvalue weighted by atomic mass is 9.84. The molecular weight excluding hydrogens is 224 g/mol. The summed E-state index contributed by atoms with van der Waals surface area (Å²) < 4.78 is 0. The Morgan fingerprint density at radius 3 is 2.61 bits per heavy atom. The summed E-state index contributed by atoms with van der Waals surface area (Å²) in [6.07, 6.45) is 5.39. The first-order chi connectivity index (χ1) is 8.72. The minimum atomic E-state index is -0.0718. The number of hydrogen-bond acceptors (Lipinski definition) is 2. The van der Waals surface area contributed by atoms with E-state index in [4.69, 9.17) is 0 Å². The highest BCUT2D eigenvalue weighted by molar-refractivity contribution is 6.15. The van der Waals surface area contributed by atoms with E-state index < -0.39 is 0 Å². The predicted octanol–water partition coefficient (Wildman–Crippen LogP) is 2.66. The lowest BCUT2D eigenvalue weighted by Gasteiger charge is -2.24. The molecule has 1 saturated carbocycles. The first-order valence-corrected chi connectivity index (χ1v) is 6.41. The molecule has 1 aliphatic heterocycles. The van der Waals surface area contributed by atoms with Crippen LogP contribution in [-0.2, 0) is 4.79 Å². The molecule has 1 N–H and O–H groups in total. The van der Waals surface area contributed by atoms with Gasteiger partial charge in [0.25, 0.3) is 5.91 Å². The van der Waals surface area contributed by atoms with Gasteiger partial charge in [-0.2, -0.15) is 0 Å². The van der Waals surface area contributed by atoms with Gasteiger partial charge in [-0.1, -0.05) is 36.2 Å². The highest BCUT2D eigenvalue weighted by Crippen LogP contribution is 2.29. The van der Waals surface area contributed by atoms with Crippen LogP contribution in [0.5, 0.6) is 0 Å². The maximum atomic E-state index is 11.8. The molecule has 92 valence electrons. The average Bonchev–Trinajstić information content (AvgIpc) is 2.61. The van der Waals surface area contributed by atoms with E-state index in [0.29, 0.717) is 11.6 Å². The fraction of sp³-hybridized carbons (Fsp3) is 0.333. The molecule has 0 atom stereocenters. The molecule has 1 amide bonds. The Bertz CT molecular complexity index is 536. The third-order valence-electron chi connectivity index (χ3n) is 3.59. The largest absolute Gasteiger partial charge is 0.308 e. The molecule has 1 aromatic carbocycles. The van der Waals surface area contributed by atoms with Crippen molar-refractivity contribution >= 4 is 17.8 Å². The quantitative estimate of drug-likeness (QED) is 0.793. The Morgan fingerprint density at radius 1 is 1.28 bits per heavy atom. The second-order valence-electron chi connectivity index (χ2n) is 5.02. The number of rotatable bonds is 2. The van der Waals surface area contributed by atoms with Crippen molar-refractivity contribution in [1.82, 2.24) is 5.32 Å². The molecular formula is C15H16N2O. The molecule has 0 bridgehead atoms. The summed E-state index contributed by atoms with van der Waals surface area (Å²) in [6, 6.07) is 8.09. The number of aryl methyl sites for hydroxylation is 1. The van der Waals surface area contributed by atoms with Gasteiger partial charge in [-0.05, 0) is 31.4 Å². The average molecular weight is 240 g/mol. The van der Waals surface area contributed by atoms with Crippen molar-refractivity contribution < 1.29 is 4.79 Å². The number of carbonyl (C=O) groups is 1. The van der Waals surface area contributed by atoms with Crippen LogP contribution in [-0.4, -0.2) is 11.7 Å². The van der Waals surface area contributed by atoms with Crippen molar-refractivity contribution in [3.8, 4) is 0 Å². The molecule has 0 aromatic heterocycles. The van der Waals surface area contributed by atoms with E-state index in [9.17, 15) is 4.79 Å². The van der Waals surface area contributed by atoms with Crippen LogP contribution in [0.2, 0.25) is 0 Å². The predicted molar refractivity (Wildman–Crippen MR) is 72.1 cm³/mol. The second-order valence-corrected chi connectivity index (χ2v) is 5.02. The van der Waals surface area contributed by atoms with Crippen LogP contribution in [0.25, 0.3) is 6.08 Å². The van der Waals surface area contributed by atoms with E-state index in [-0.39, 0.29) is 5.91 Å². The van der Waals surface area contributed by atoms with Crippen LogP contribution in [0.1, 0.15) is 30.4 Å². The highest BCUT2D eigenvalue weighted by Gasteiger charge is 2.30. The molecule has 0 radical (unpaired) electrons. The number of aliphatic imine (C=N–C) groups is 1. The van der Waals surface area contributed by atoms with E-state index in [1.165, 1.54) is 12.0 Å². The summed E-state index contributed by atoms with van der Waals surface area (Å²) in [7, 11) is 0. The Balaban J connectivity index is 1.84. The maximum absolute atomic E-state index is 11.8. The van der Waals surface area contributed by atoms with Gasteiger partial charge in [0.15, 0.2) is 0 Å². The fourth-order valence-corrected chi connectivity index (χ4v) is 2.18. The molecule has 0 unspecified atom stereocenters. The van der Waals surface area contributed by atoms with Crippen molar-refractivity contribution in [3.63, 3.8) is 0 Å². The maximum Gasteiger partial charge on any atom is 0.275 e. The third kappa shape index (κ3) is 2.08. The van der Waals surface area contributed by atoms with E-state index in [1.54, 1.807) is 0 Å². The molecule has 18 heavy (non-hydrogen) atoms. The van der Waals surface area contributed by atoms with Gasteiger partial charge in [0.1, 0.15) is 11.5 Å². The highest BCUT2D eigenvalue weighted by atomic mass is 16.2. The van der Waals surface area contributed by atoms with E-state index in [0.717, 1.165) is 24.2 Å². The summed E-state index contributed by atoms with van der Waals surface area (Å²) in [5, 5.41) is 2.88. The summed E-state index contributed by atoms with van der Waals surface area (Å²) in [5.41, 5.74) is 2.76. The molecule has 1 aliphatic carbocycles. The summed E-state index contributed by atoms with van der Waals surface area (Å²) in [4.78, 5) is 16.2. The number of amidine groups is 1. The minimum Gasteiger partial charge on any atom is -0.308 e. The number of nitrogens with one attached hydrogen (secondary N) is 1. The SMILES string of the molecule is Cc1ccc(/C=C2/N=C(C3CCC3)NC2=O)cc1. The van der Waals surface area contributed by atoms with Crippen LogP contribution < -0.4 is 5.32 Å². The van der Waals surface area contributed by atoms with Gasteiger partial charge < -0.3 is 5.32 Å². The first-order valence-electron chi connectivity index (χ1n) is 6.41. The van der Waals surface area contributed by atoms with Gasteiger partial charge in [0, 0.05) is 5.92 Å². The van der Waals surface area contributed by atoms with Crippen molar-refractivity contribution in [2.75, 3.05) is 0 Å². The van der Waals surface area contributed by atoms with Crippen molar-refractivity contribution in [3.05, 3.63) is 41.1 Å². The molecule has 1 heterocycles. The zero-order chi connectivity index (χ0) is 12.5.